The van der Waals surface area contributed by atoms with E-state index in [4.69, 9.17) is 9.47 Å². The molecule has 0 amide bonds. The largest absolute Gasteiger partial charge is 0.493 e. The predicted octanol–water partition coefficient (Wildman–Crippen LogP) is 1.35. The van der Waals surface area contributed by atoms with E-state index in [-0.39, 0.29) is 0 Å². The third-order valence-corrected chi connectivity index (χ3v) is 2.27. The van der Waals surface area contributed by atoms with Gasteiger partial charge in [-0.05, 0) is 20.0 Å². The first-order valence-electron chi connectivity index (χ1n) is 5.36. The second-order valence-corrected chi connectivity index (χ2v) is 3.39. The molecule has 0 bridgehead atoms. The van der Waals surface area contributed by atoms with Crippen molar-refractivity contribution in [2.24, 2.45) is 0 Å². The summed E-state index contributed by atoms with van der Waals surface area (Å²) in [6.07, 6.45) is -0.596. The number of para-hydroxylation sites is 1. The van der Waals surface area contributed by atoms with Crippen LogP contribution in [0.5, 0.6) is 11.5 Å². The zero-order valence-corrected chi connectivity index (χ0v) is 9.99. The van der Waals surface area contributed by atoms with E-state index in [0.29, 0.717) is 24.7 Å². The van der Waals surface area contributed by atoms with Crippen LogP contribution in [0.1, 0.15) is 18.6 Å². The lowest BCUT2D eigenvalue weighted by atomic mass is 10.1. The molecule has 1 aromatic rings. The summed E-state index contributed by atoms with van der Waals surface area (Å²) in [5.41, 5.74) is 0.746. The first kappa shape index (κ1) is 12.8. The minimum Gasteiger partial charge on any atom is -0.493 e. The number of rotatable bonds is 6. The third-order valence-electron chi connectivity index (χ3n) is 2.27. The fourth-order valence-electron chi connectivity index (χ4n) is 1.56. The third kappa shape index (κ3) is 2.87. The number of ether oxygens (including phenoxy) is 2. The molecule has 0 aliphatic carbocycles. The number of nitrogens with one attached hydrogen (secondary N) is 1. The van der Waals surface area contributed by atoms with E-state index in [1.165, 1.54) is 0 Å². The lowest BCUT2D eigenvalue weighted by Crippen LogP contribution is -2.17. The SMILES string of the molecule is CCOc1c(OC)cccc1C(O)CNC. The molecule has 1 rings (SSSR count). The fraction of sp³-hybridized carbons (Fsp3) is 0.500. The maximum atomic E-state index is 9.95. The van der Waals surface area contributed by atoms with Gasteiger partial charge in [-0.3, -0.25) is 0 Å². The van der Waals surface area contributed by atoms with Crippen molar-refractivity contribution in [3.63, 3.8) is 0 Å². The van der Waals surface area contributed by atoms with Gasteiger partial charge in [-0.1, -0.05) is 12.1 Å². The molecule has 0 aromatic heterocycles. The van der Waals surface area contributed by atoms with Crippen LogP contribution in [0.15, 0.2) is 18.2 Å². The fourth-order valence-corrected chi connectivity index (χ4v) is 1.56. The first-order valence-corrected chi connectivity index (χ1v) is 5.36. The second kappa shape index (κ2) is 6.35. The summed E-state index contributed by atoms with van der Waals surface area (Å²) in [7, 11) is 3.38. The van der Waals surface area contributed by atoms with E-state index < -0.39 is 6.10 Å². The van der Waals surface area contributed by atoms with Gasteiger partial charge in [0.15, 0.2) is 11.5 Å². The first-order chi connectivity index (χ1) is 7.74. The molecule has 4 nitrogen and oxygen atoms in total. The van der Waals surface area contributed by atoms with Crippen molar-refractivity contribution in [2.45, 2.75) is 13.0 Å². The zero-order valence-electron chi connectivity index (χ0n) is 9.99. The van der Waals surface area contributed by atoms with Crippen LogP contribution in [0.2, 0.25) is 0 Å². The molecule has 2 N–H and O–H groups in total. The normalized spacial score (nSPS) is 12.2. The van der Waals surface area contributed by atoms with Gasteiger partial charge in [0.1, 0.15) is 0 Å². The maximum Gasteiger partial charge on any atom is 0.166 e. The van der Waals surface area contributed by atoms with Crippen molar-refractivity contribution in [2.75, 3.05) is 27.3 Å². The van der Waals surface area contributed by atoms with E-state index in [0.717, 1.165) is 5.56 Å². The molecule has 1 aromatic carbocycles. The van der Waals surface area contributed by atoms with Crippen molar-refractivity contribution >= 4 is 0 Å². The van der Waals surface area contributed by atoms with Crippen molar-refractivity contribution in [1.82, 2.24) is 5.32 Å². The molecule has 4 heteroatoms. The Morgan fingerprint density at radius 2 is 2.19 bits per heavy atom. The molecule has 0 spiro atoms. The Morgan fingerprint density at radius 1 is 1.44 bits per heavy atom. The number of aliphatic hydroxyl groups is 1. The van der Waals surface area contributed by atoms with Crippen LogP contribution in [0.4, 0.5) is 0 Å². The predicted molar refractivity (Wildman–Crippen MR) is 63.0 cm³/mol. The van der Waals surface area contributed by atoms with Gasteiger partial charge in [-0.2, -0.15) is 0 Å². The van der Waals surface area contributed by atoms with E-state index in [1.807, 2.05) is 25.1 Å². The summed E-state index contributed by atoms with van der Waals surface area (Å²) >= 11 is 0. The highest BCUT2D eigenvalue weighted by Crippen LogP contribution is 2.34. The highest BCUT2D eigenvalue weighted by atomic mass is 16.5. The van der Waals surface area contributed by atoms with Gasteiger partial charge in [-0.15, -0.1) is 0 Å². The summed E-state index contributed by atoms with van der Waals surface area (Å²) in [5.74, 6) is 1.27. The van der Waals surface area contributed by atoms with Gasteiger partial charge in [0.25, 0.3) is 0 Å². The molecule has 90 valence electrons. The number of likely N-dealkylation sites (N-methyl/N-ethyl adjacent to an activating group) is 1. The molecule has 0 radical (unpaired) electrons. The molecule has 0 fully saturated rings. The summed E-state index contributed by atoms with van der Waals surface area (Å²) in [6.45, 7) is 2.92. The molecule has 0 aliphatic rings. The van der Waals surface area contributed by atoms with Gasteiger partial charge in [-0.25, -0.2) is 0 Å². The highest BCUT2D eigenvalue weighted by Gasteiger charge is 2.16. The van der Waals surface area contributed by atoms with Crippen LogP contribution in [-0.4, -0.2) is 32.4 Å². The van der Waals surface area contributed by atoms with Crippen molar-refractivity contribution in [3.05, 3.63) is 23.8 Å². The molecule has 0 saturated heterocycles. The molecule has 1 atom stereocenters. The average molecular weight is 225 g/mol. The number of methoxy groups -OCH3 is 1. The summed E-state index contributed by atoms with van der Waals surface area (Å²) in [5, 5.41) is 12.9. The zero-order chi connectivity index (χ0) is 12.0. The molecule has 1 unspecified atom stereocenters. The minimum absolute atomic E-state index is 0.479. The molecule has 16 heavy (non-hydrogen) atoms. The molecule has 0 aliphatic heterocycles. The van der Waals surface area contributed by atoms with Crippen LogP contribution in [0.3, 0.4) is 0 Å². The van der Waals surface area contributed by atoms with Crippen LogP contribution < -0.4 is 14.8 Å². The summed E-state index contributed by atoms with van der Waals surface area (Å²) in [6, 6.07) is 5.51. The standard InChI is InChI=1S/C12H19NO3/c1-4-16-12-9(10(14)8-13-2)6-5-7-11(12)15-3/h5-7,10,13-14H,4,8H2,1-3H3. The topological polar surface area (TPSA) is 50.7 Å². The Hall–Kier alpha value is -1.26. The summed E-state index contributed by atoms with van der Waals surface area (Å²) in [4.78, 5) is 0. The summed E-state index contributed by atoms with van der Waals surface area (Å²) < 4.78 is 10.7. The Bertz CT molecular complexity index is 328. The van der Waals surface area contributed by atoms with Crippen LogP contribution in [0, 0.1) is 0 Å². The van der Waals surface area contributed by atoms with Crippen LogP contribution in [-0.2, 0) is 0 Å². The highest BCUT2D eigenvalue weighted by molar-refractivity contribution is 5.47. The van der Waals surface area contributed by atoms with Gasteiger partial charge in [0, 0.05) is 12.1 Å². The maximum absolute atomic E-state index is 9.95. The smallest absolute Gasteiger partial charge is 0.166 e. The van der Waals surface area contributed by atoms with Crippen LogP contribution in [0.25, 0.3) is 0 Å². The number of aliphatic hydroxyl groups excluding tert-OH is 1. The Morgan fingerprint density at radius 3 is 2.75 bits per heavy atom. The van der Waals surface area contributed by atoms with Crippen molar-refractivity contribution < 1.29 is 14.6 Å². The molecular weight excluding hydrogens is 206 g/mol. The van der Waals surface area contributed by atoms with E-state index in [9.17, 15) is 5.11 Å². The van der Waals surface area contributed by atoms with Gasteiger partial charge >= 0.3 is 0 Å². The lowest BCUT2D eigenvalue weighted by molar-refractivity contribution is 0.170. The van der Waals surface area contributed by atoms with Crippen molar-refractivity contribution in [1.29, 1.82) is 0 Å². The Labute approximate surface area is 96.2 Å². The van der Waals surface area contributed by atoms with Crippen LogP contribution >= 0.6 is 0 Å². The van der Waals surface area contributed by atoms with Crippen molar-refractivity contribution in [3.8, 4) is 11.5 Å². The molecular formula is C12H19NO3. The number of hydrogen-bond donors (Lipinski definition) is 2. The lowest BCUT2D eigenvalue weighted by Gasteiger charge is -2.17. The average Bonchev–Trinajstić information content (AvgIpc) is 2.30. The van der Waals surface area contributed by atoms with E-state index in [2.05, 4.69) is 5.32 Å². The van der Waals surface area contributed by atoms with E-state index in [1.54, 1.807) is 14.2 Å². The minimum atomic E-state index is -0.596. The number of benzene rings is 1. The molecule has 0 heterocycles. The molecule has 0 saturated carbocycles. The monoisotopic (exact) mass is 225 g/mol. The Balaban J connectivity index is 3.05. The quantitative estimate of drug-likeness (QED) is 0.767. The van der Waals surface area contributed by atoms with Gasteiger partial charge in [0.2, 0.25) is 0 Å². The Kier molecular flexibility index (Phi) is 5.08. The number of hydrogen-bond acceptors (Lipinski definition) is 4. The van der Waals surface area contributed by atoms with Gasteiger partial charge < -0.3 is 19.9 Å². The van der Waals surface area contributed by atoms with E-state index >= 15 is 0 Å². The second-order valence-electron chi connectivity index (χ2n) is 3.39. The van der Waals surface area contributed by atoms with Gasteiger partial charge in [0.05, 0.1) is 19.8 Å².